The molecule has 22 heavy (non-hydrogen) atoms. The molecule has 3 nitrogen and oxygen atoms in total. The van der Waals surface area contributed by atoms with Crippen LogP contribution in [-0.4, -0.2) is 22.7 Å². The van der Waals surface area contributed by atoms with Crippen LogP contribution in [0.2, 0.25) is 0 Å². The number of hydrogen-bond acceptors (Lipinski definition) is 3. The zero-order valence-electron chi connectivity index (χ0n) is 12.1. The van der Waals surface area contributed by atoms with Crippen LogP contribution in [-0.2, 0) is 6.54 Å². The van der Waals surface area contributed by atoms with Gasteiger partial charge in [-0.1, -0.05) is 24.3 Å². The highest BCUT2D eigenvalue weighted by Gasteiger charge is 2.31. The van der Waals surface area contributed by atoms with Gasteiger partial charge in [-0.2, -0.15) is 5.26 Å². The van der Waals surface area contributed by atoms with Gasteiger partial charge in [0.15, 0.2) is 0 Å². The Bertz CT molecular complexity index is 676. The first-order valence-corrected chi connectivity index (χ1v) is 7.32. The second kappa shape index (κ2) is 6.27. The maximum atomic E-state index is 13.1. The molecule has 2 aromatic carbocycles. The van der Waals surface area contributed by atoms with Crippen LogP contribution in [0.4, 0.5) is 4.39 Å². The average Bonchev–Trinajstić information content (AvgIpc) is 2.89. The summed E-state index contributed by atoms with van der Waals surface area (Å²) in [5, 5.41) is 18.8. The number of nitriles is 1. The molecule has 0 bridgehead atoms. The number of likely N-dealkylation sites (tertiary alicyclic amines) is 1. The highest BCUT2D eigenvalue weighted by molar-refractivity contribution is 5.32. The van der Waals surface area contributed by atoms with Gasteiger partial charge in [-0.3, -0.25) is 4.90 Å². The van der Waals surface area contributed by atoms with Gasteiger partial charge in [0, 0.05) is 19.1 Å². The second-order valence-corrected chi connectivity index (χ2v) is 5.70. The Hall–Kier alpha value is -2.22. The molecule has 1 fully saturated rings. The molecule has 2 atom stereocenters. The Morgan fingerprint density at radius 1 is 1.14 bits per heavy atom. The van der Waals surface area contributed by atoms with Crippen LogP contribution < -0.4 is 0 Å². The number of aliphatic hydroxyl groups excluding tert-OH is 1. The molecule has 112 valence electrons. The molecular weight excluding hydrogens is 279 g/mol. The highest BCUT2D eigenvalue weighted by Crippen LogP contribution is 2.33. The van der Waals surface area contributed by atoms with Gasteiger partial charge in [0.25, 0.3) is 0 Å². The minimum Gasteiger partial charge on any atom is -0.392 e. The molecule has 0 aromatic heterocycles. The van der Waals surface area contributed by atoms with E-state index in [2.05, 4.69) is 11.0 Å². The minimum absolute atomic E-state index is 0.0891. The van der Waals surface area contributed by atoms with E-state index in [1.54, 1.807) is 24.3 Å². The van der Waals surface area contributed by atoms with Gasteiger partial charge in [0.2, 0.25) is 0 Å². The number of benzene rings is 2. The van der Waals surface area contributed by atoms with E-state index in [1.807, 2.05) is 12.1 Å². The van der Waals surface area contributed by atoms with Crippen LogP contribution in [0.25, 0.3) is 0 Å². The van der Waals surface area contributed by atoms with E-state index in [-0.39, 0.29) is 18.0 Å². The van der Waals surface area contributed by atoms with Gasteiger partial charge in [0.05, 0.1) is 17.7 Å². The van der Waals surface area contributed by atoms with E-state index in [9.17, 15) is 9.50 Å². The normalized spacial score (nSPS) is 21.7. The molecule has 1 aliphatic rings. The first-order chi connectivity index (χ1) is 10.7. The third-order valence-electron chi connectivity index (χ3n) is 4.10. The lowest BCUT2D eigenvalue weighted by molar-refractivity contribution is 0.172. The van der Waals surface area contributed by atoms with E-state index in [0.29, 0.717) is 25.1 Å². The average molecular weight is 296 g/mol. The summed E-state index contributed by atoms with van der Waals surface area (Å²) in [6.45, 7) is 1.30. The monoisotopic (exact) mass is 296 g/mol. The largest absolute Gasteiger partial charge is 0.392 e. The summed E-state index contributed by atoms with van der Waals surface area (Å²) in [4.78, 5) is 2.19. The zero-order chi connectivity index (χ0) is 15.5. The van der Waals surface area contributed by atoms with Gasteiger partial charge in [-0.25, -0.2) is 4.39 Å². The molecule has 0 aliphatic carbocycles. The predicted molar refractivity (Wildman–Crippen MR) is 81.3 cm³/mol. The summed E-state index contributed by atoms with van der Waals surface area (Å²) in [5.41, 5.74) is 2.76. The molecule has 0 saturated carbocycles. The lowest BCUT2D eigenvalue weighted by Gasteiger charge is -2.24. The summed E-state index contributed by atoms with van der Waals surface area (Å²) in [6, 6.07) is 16.1. The number of halogens is 1. The van der Waals surface area contributed by atoms with Crippen LogP contribution >= 0.6 is 0 Å². The van der Waals surface area contributed by atoms with Gasteiger partial charge >= 0.3 is 0 Å². The predicted octanol–water partition coefficient (Wildman–Crippen LogP) is 3.01. The Morgan fingerprint density at radius 3 is 2.45 bits per heavy atom. The Kier molecular flexibility index (Phi) is 4.19. The van der Waals surface area contributed by atoms with Gasteiger partial charge in [0.1, 0.15) is 5.82 Å². The van der Waals surface area contributed by atoms with E-state index >= 15 is 0 Å². The topological polar surface area (TPSA) is 47.3 Å². The van der Waals surface area contributed by atoms with Crippen LogP contribution in [0.15, 0.2) is 48.5 Å². The summed E-state index contributed by atoms with van der Waals surface area (Å²) < 4.78 is 13.1. The van der Waals surface area contributed by atoms with Crippen LogP contribution in [0.1, 0.15) is 29.2 Å². The molecule has 1 saturated heterocycles. The number of aliphatic hydroxyl groups is 1. The Labute approximate surface area is 129 Å². The van der Waals surface area contributed by atoms with E-state index < -0.39 is 0 Å². The van der Waals surface area contributed by atoms with Gasteiger partial charge in [-0.15, -0.1) is 0 Å². The number of nitrogens with zero attached hydrogens (tertiary/aromatic N) is 2. The molecule has 0 amide bonds. The standard InChI is InChI=1S/C18H17FN2O/c19-16-7-5-15(6-8-16)18-9-17(22)12-21(18)11-14-3-1-13(10-20)2-4-14/h1-8,17-18,22H,9,11-12H2/t17-,18+/m1/s1. The fourth-order valence-electron chi connectivity index (χ4n) is 3.01. The molecule has 0 spiro atoms. The van der Waals surface area contributed by atoms with Crippen molar-refractivity contribution in [3.63, 3.8) is 0 Å². The lowest BCUT2D eigenvalue weighted by atomic mass is 10.0. The first kappa shape index (κ1) is 14.7. The number of rotatable bonds is 3. The van der Waals surface area contributed by atoms with E-state index in [1.165, 1.54) is 12.1 Å². The van der Waals surface area contributed by atoms with Crippen molar-refractivity contribution in [2.45, 2.75) is 25.1 Å². The lowest BCUT2D eigenvalue weighted by Crippen LogP contribution is -2.24. The molecule has 0 unspecified atom stereocenters. The maximum absolute atomic E-state index is 13.1. The molecule has 4 heteroatoms. The first-order valence-electron chi connectivity index (χ1n) is 7.32. The van der Waals surface area contributed by atoms with Crippen molar-refractivity contribution in [2.24, 2.45) is 0 Å². The summed E-state index contributed by atoms with van der Waals surface area (Å²) in [5.74, 6) is -0.249. The summed E-state index contributed by atoms with van der Waals surface area (Å²) >= 11 is 0. The summed E-state index contributed by atoms with van der Waals surface area (Å²) in [6.07, 6.45) is 0.287. The van der Waals surface area contributed by atoms with Crippen molar-refractivity contribution < 1.29 is 9.50 Å². The second-order valence-electron chi connectivity index (χ2n) is 5.70. The van der Waals surface area contributed by atoms with Gasteiger partial charge < -0.3 is 5.11 Å². The van der Waals surface area contributed by atoms with Crippen molar-refractivity contribution in [1.29, 1.82) is 5.26 Å². The fourth-order valence-corrected chi connectivity index (χ4v) is 3.01. The molecule has 1 aliphatic heterocycles. The smallest absolute Gasteiger partial charge is 0.123 e. The van der Waals surface area contributed by atoms with Crippen molar-refractivity contribution in [1.82, 2.24) is 4.90 Å². The molecular formula is C18H17FN2O. The third kappa shape index (κ3) is 3.16. The third-order valence-corrected chi connectivity index (χ3v) is 4.10. The van der Waals surface area contributed by atoms with Crippen LogP contribution in [0, 0.1) is 17.1 Å². The highest BCUT2D eigenvalue weighted by atomic mass is 19.1. The molecule has 0 radical (unpaired) electrons. The zero-order valence-corrected chi connectivity index (χ0v) is 12.1. The van der Waals surface area contributed by atoms with E-state index in [4.69, 9.17) is 5.26 Å². The minimum atomic E-state index is -0.367. The van der Waals surface area contributed by atoms with E-state index in [0.717, 1.165) is 11.1 Å². The number of hydrogen-bond donors (Lipinski definition) is 1. The fraction of sp³-hybridized carbons (Fsp3) is 0.278. The summed E-state index contributed by atoms with van der Waals surface area (Å²) in [7, 11) is 0. The van der Waals surface area contributed by atoms with Crippen molar-refractivity contribution >= 4 is 0 Å². The van der Waals surface area contributed by atoms with Crippen molar-refractivity contribution in [3.05, 3.63) is 71.0 Å². The van der Waals surface area contributed by atoms with Crippen molar-refractivity contribution in [3.8, 4) is 6.07 Å². The Balaban J connectivity index is 1.78. The SMILES string of the molecule is N#Cc1ccc(CN2C[C@H](O)C[C@H]2c2ccc(F)cc2)cc1. The molecule has 1 heterocycles. The maximum Gasteiger partial charge on any atom is 0.123 e. The molecule has 2 aromatic rings. The Morgan fingerprint density at radius 2 is 1.82 bits per heavy atom. The quantitative estimate of drug-likeness (QED) is 0.947. The molecule has 1 N–H and O–H groups in total. The van der Waals surface area contributed by atoms with Crippen LogP contribution in [0.3, 0.4) is 0 Å². The number of β-amino-alcohol motifs (C(OH)–C–C–N with tert-alkyl or cyclic N) is 1. The van der Waals surface area contributed by atoms with Gasteiger partial charge in [-0.05, 0) is 41.8 Å². The molecule has 3 rings (SSSR count). The van der Waals surface area contributed by atoms with Crippen LogP contribution in [0.5, 0.6) is 0 Å². The van der Waals surface area contributed by atoms with Crippen molar-refractivity contribution in [2.75, 3.05) is 6.54 Å².